The fourth-order valence-electron chi connectivity index (χ4n) is 2.26. The summed E-state index contributed by atoms with van der Waals surface area (Å²) in [7, 11) is 1.97. The van der Waals surface area contributed by atoms with Crippen LogP contribution >= 0.6 is 0 Å². The van der Waals surface area contributed by atoms with Crippen LogP contribution in [0.4, 0.5) is 5.69 Å². The summed E-state index contributed by atoms with van der Waals surface area (Å²) in [5.41, 5.74) is 3.87. The molecule has 2 aromatic carbocycles. The van der Waals surface area contributed by atoms with Crippen molar-refractivity contribution in [3.05, 3.63) is 65.7 Å². The van der Waals surface area contributed by atoms with Crippen LogP contribution in [0.15, 0.2) is 54.6 Å². The van der Waals surface area contributed by atoms with Gasteiger partial charge in [-0.2, -0.15) is 0 Å². The Morgan fingerprint density at radius 2 is 1.41 bits per heavy atom. The van der Waals surface area contributed by atoms with Crippen LogP contribution in [0, 0.1) is 0 Å². The number of para-hydroxylation sites is 1. The minimum atomic E-state index is 0.0147. The molecule has 1 heteroatoms. The summed E-state index contributed by atoms with van der Waals surface area (Å²) in [4.78, 5) is 0. The Labute approximate surface area is 103 Å². The minimum Gasteiger partial charge on any atom is -0.388 e. The van der Waals surface area contributed by atoms with E-state index in [1.165, 1.54) is 16.8 Å². The van der Waals surface area contributed by atoms with Crippen LogP contribution in [0.3, 0.4) is 0 Å². The maximum atomic E-state index is 3.27. The van der Waals surface area contributed by atoms with Gasteiger partial charge in [-0.25, -0.2) is 0 Å². The lowest BCUT2D eigenvalue weighted by Crippen LogP contribution is -2.20. The molecule has 88 valence electrons. The predicted octanol–water partition coefficient (Wildman–Crippen LogP) is 4.05. The lowest BCUT2D eigenvalue weighted by atomic mass is 9.77. The van der Waals surface area contributed by atoms with Gasteiger partial charge in [-0.05, 0) is 17.2 Å². The van der Waals surface area contributed by atoms with Crippen LogP contribution in [0.5, 0.6) is 0 Å². The van der Waals surface area contributed by atoms with Gasteiger partial charge >= 0.3 is 0 Å². The minimum absolute atomic E-state index is 0.0147. The van der Waals surface area contributed by atoms with Crippen molar-refractivity contribution in [3.63, 3.8) is 0 Å². The quantitative estimate of drug-likeness (QED) is 0.830. The topological polar surface area (TPSA) is 12.0 Å². The summed E-state index contributed by atoms with van der Waals surface area (Å²) in [6, 6.07) is 19.1. The predicted molar refractivity (Wildman–Crippen MR) is 74.6 cm³/mol. The van der Waals surface area contributed by atoms with Crippen LogP contribution in [0.1, 0.15) is 25.0 Å². The van der Waals surface area contributed by atoms with E-state index in [-0.39, 0.29) is 5.41 Å². The smallest absolute Gasteiger partial charge is 0.0379 e. The number of hydrogen-bond donors (Lipinski definition) is 1. The summed E-state index contributed by atoms with van der Waals surface area (Å²) < 4.78 is 0. The third kappa shape index (κ3) is 2.19. The summed E-state index contributed by atoms with van der Waals surface area (Å²) in [6.07, 6.45) is 0. The Hall–Kier alpha value is -1.76. The Morgan fingerprint density at radius 3 is 2.06 bits per heavy atom. The monoisotopic (exact) mass is 225 g/mol. The van der Waals surface area contributed by atoms with Gasteiger partial charge in [0.2, 0.25) is 0 Å². The van der Waals surface area contributed by atoms with E-state index < -0.39 is 0 Å². The van der Waals surface area contributed by atoms with Crippen molar-refractivity contribution in [2.24, 2.45) is 0 Å². The van der Waals surface area contributed by atoms with Crippen molar-refractivity contribution < 1.29 is 0 Å². The molecule has 0 atom stereocenters. The molecule has 17 heavy (non-hydrogen) atoms. The Balaban J connectivity index is 2.51. The molecule has 1 N–H and O–H groups in total. The van der Waals surface area contributed by atoms with Crippen LogP contribution < -0.4 is 5.32 Å². The van der Waals surface area contributed by atoms with Crippen LogP contribution in [0.25, 0.3) is 0 Å². The highest BCUT2D eigenvalue weighted by Gasteiger charge is 2.24. The number of nitrogens with one attached hydrogen (secondary N) is 1. The van der Waals surface area contributed by atoms with Gasteiger partial charge in [0.15, 0.2) is 0 Å². The van der Waals surface area contributed by atoms with Crippen molar-refractivity contribution in [1.82, 2.24) is 0 Å². The molecule has 0 amide bonds. The SMILES string of the molecule is CNc1ccccc1C(C)(C)c1ccccc1. The molecular weight excluding hydrogens is 206 g/mol. The van der Waals surface area contributed by atoms with Gasteiger partial charge in [-0.3, -0.25) is 0 Å². The average Bonchev–Trinajstić information content (AvgIpc) is 2.39. The van der Waals surface area contributed by atoms with Gasteiger partial charge in [0.1, 0.15) is 0 Å². The molecule has 0 bridgehead atoms. The van der Waals surface area contributed by atoms with Crippen LogP contribution in [0.2, 0.25) is 0 Å². The fourth-order valence-corrected chi connectivity index (χ4v) is 2.26. The number of rotatable bonds is 3. The molecule has 0 aliphatic carbocycles. The molecule has 0 spiro atoms. The van der Waals surface area contributed by atoms with E-state index in [1.807, 2.05) is 7.05 Å². The average molecular weight is 225 g/mol. The summed E-state index contributed by atoms with van der Waals surface area (Å²) in [6.45, 7) is 4.52. The number of benzene rings is 2. The highest BCUT2D eigenvalue weighted by molar-refractivity contribution is 5.57. The maximum Gasteiger partial charge on any atom is 0.0379 e. The first-order valence-corrected chi connectivity index (χ1v) is 5.99. The molecule has 0 aromatic heterocycles. The molecule has 0 saturated carbocycles. The van der Waals surface area contributed by atoms with Gasteiger partial charge in [-0.15, -0.1) is 0 Å². The zero-order valence-electron chi connectivity index (χ0n) is 10.7. The first-order chi connectivity index (χ1) is 8.16. The van der Waals surface area contributed by atoms with E-state index in [9.17, 15) is 0 Å². The molecule has 0 heterocycles. The van der Waals surface area contributed by atoms with Crippen molar-refractivity contribution in [3.8, 4) is 0 Å². The fraction of sp³-hybridized carbons (Fsp3) is 0.250. The first kappa shape index (κ1) is 11.7. The highest BCUT2D eigenvalue weighted by Crippen LogP contribution is 2.35. The summed E-state index contributed by atoms with van der Waals surface area (Å²) >= 11 is 0. The normalized spacial score (nSPS) is 11.2. The lowest BCUT2D eigenvalue weighted by molar-refractivity contribution is 0.643. The van der Waals surface area contributed by atoms with Crippen LogP contribution in [-0.4, -0.2) is 7.05 Å². The van der Waals surface area contributed by atoms with Gasteiger partial charge in [0.25, 0.3) is 0 Å². The van der Waals surface area contributed by atoms with Crippen molar-refractivity contribution in [1.29, 1.82) is 0 Å². The Kier molecular flexibility index (Phi) is 3.19. The second kappa shape index (κ2) is 4.62. The van der Waals surface area contributed by atoms with Crippen LogP contribution in [-0.2, 0) is 5.41 Å². The second-order valence-corrected chi connectivity index (χ2v) is 4.79. The molecule has 0 unspecified atom stereocenters. The van der Waals surface area contributed by atoms with E-state index >= 15 is 0 Å². The van der Waals surface area contributed by atoms with Gasteiger partial charge in [0, 0.05) is 18.2 Å². The van der Waals surface area contributed by atoms with Crippen molar-refractivity contribution in [2.45, 2.75) is 19.3 Å². The largest absolute Gasteiger partial charge is 0.388 e. The molecule has 0 fully saturated rings. The maximum absolute atomic E-state index is 3.27. The van der Waals surface area contributed by atoms with E-state index in [0.29, 0.717) is 0 Å². The molecule has 0 aliphatic heterocycles. The van der Waals surface area contributed by atoms with E-state index in [1.54, 1.807) is 0 Å². The first-order valence-electron chi connectivity index (χ1n) is 5.99. The van der Waals surface area contributed by atoms with Crippen molar-refractivity contribution in [2.75, 3.05) is 12.4 Å². The molecule has 0 saturated heterocycles. The van der Waals surface area contributed by atoms with E-state index in [0.717, 1.165) is 0 Å². The summed E-state index contributed by atoms with van der Waals surface area (Å²) in [5.74, 6) is 0. The standard InChI is InChI=1S/C16H19N/c1-16(2,13-9-5-4-6-10-13)14-11-7-8-12-15(14)17-3/h4-12,17H,1-3H3. The van der Waals surface area contributed by atoms with Crippen molar-refractivity contribution >= 4 is 5.69 Å². The lowest BCUT2D eigenvalue weighted by Gasteiger charge is -2.28. The van der Waals surface area contributed by atoms with Gasteiger partial charge in [0.05, 0.1) is 0 Å². The third-order valence-electron chi connectivity index (χ3n) is 3.37. The van der Waals surface area contributed by atoms with Gasteiger partial charge in [-0.1, -0.05) is 62.4 Å². The number of anilines is 1. The zero-order valence-corrected chi connectivity index (χ0v) is 10.7. The molecule has 1 nitrogen and oxygen atoms in total. The molecule has 2 rings (SSSR count). The molecule has 0 aliphatic rings. The zero-order chi connectivity index (χ0) is 12.3. The van der Waals surface area contributed by atoms with E-state index in [2.05, 4.69) is 73.8 Å². The Morgan fingerprint density at radius 1 is 0.824 bits per heavy atom. The summed E-state index contributed by atoms with van der Waals surface area (Å²) in [5, 5.41) is 3.27. The number of hydrogen-bond acceptors (Lipinski definition) is 1. The van der Waals surface area contributed by atoms with E-state index in [4.69, 9.17) is 0 Å². The van der Waals surface area contributed by atoms with Gasteiger partial charge < -0.3 is 5.32 Å². The molecule has 2 aromatic rings. The molecule has 0 radical (unpaired) electrons. The Bertz CT molecular complexity index is 486. The third-order valence-corrected chi connectivity index (χ3v) is 3.37. The highest BCUT2D eigenvalue weighted by atomic mass is 14.8. The second-order valence-electron chi connectivity index (χ2n) is 4.79. The molecular formula is C16H19N.